The van der Waals surface area contributed by atoms with Crippen LogP contribution in [0.15, 0.2) is 66.9 Å². The predicted molar refractivity (Wildman–Crippen MR) is 127 cm³/mol. The van der Waals surface area contributed by atoms with Crippen molar-refractivity contribution in [2.45, 2.75) is 39.6 Å². The van der Waals surface area contributed by atoms with Crippen molar-refractivity contribution in [3.05, 3.63) is 89.1 Å². The molecule has 0 saturated carbocycles. The molecule has 2 heterocycles. The zero-order valence-electron chi connectivity index (χ0n) is 18.2. The van der Waals surface area contributed by atoms with Crippen molar-refractivity contribution in [1.29, 1.82) is 5.26 Å². The van der Waals surface area contributed by atoms with Crippen molar-refractivity contribution < 1.29 is 0 Å². The van der Waals surface area contributed by atoms with E-state index >= 15 is 0 Å². The highest BCUT2D eigenvalue weighted by atomic mass is 15.3. The summed E-state index contributed by atoms with van der Waals surface area (Å²) in [5.41, 5.74) is 6.31. The van der Waals surface area contributed by atoms with Gasteiger partial charge in [-0.3, -0.25) is 0 Å². The molecule has 2 aromatic heterocycles. The second kappa shape index (κ2) is 9.05. The number of anilines is 1. The maximum absolute atomic E-state index is 10.0. The largest absolute Gasteiger partial charge is 0.366 e. The standard InChI is InChI=1S/C25H26BN5/c1-18(2)22-16-29-31-23(26(17-27)14-20-9-5-4-6-10-20)13-24(30-25(22)31)28-15-21-11-7-8-19(3)12-21/h4-13,16,18H,14-15H2,1-3H3,(H,28,30). The van der Waals surface area contributed by atoms with Crippen LogP contribution in [-0.2, 0) is 12.9 Å². The molecule has 0 aliphatic rings. The normalized spacial score (nSPS) is 10.9. The van der Waals surface area contributed by atoms with E-state index in [1.807, 2.05) is 35.0 Å². The van der Waals surface area contributed by atoms with Crippen LogP contribution in [0.4, 0.5) is 5.82 Å². The van der Waals surface area contributed by atoms with Crippen LogP contribution < -0.4 is 10.9 Å². The van der Waals surface area contributed by atoms with Crippen molar-refractivity contribution in [3.8, 4) is 5.97 Å². The molecule has 2 aromatic carbocycles. The highest BCUT2D eigenvalue weighted by molar-refractivity contribution is 6.79. The Morgan fingerprint density at radius 2 is 1.84 bits per heavy atom. The van der Waals surface area contributed by atoms with Crippen LogP contribution in [0.5, 0.6) is 0 Å². The Bertz CT molecular complexity index is 1220. The maximum atomic E-state index is 10.0. The lowest BCUT2D eigenvalue weighted by Crippen LogP contribution is -2.38. The molecule has 1 N–H and O–H groups in total. The van der Waals surface area contributed by atoms with E-state index < -0.39 is 0 Å². The van der Waals surface area contributed by atoms with Crippen molar-refractivity contribution in [1.82, 2.24) is 14.6 Å². The van der Waals surface area contributed by atoms with Gasteiger partial charge in [-0.2, -0.15) is 5.10 Å². The molecule has 31 heavy (non-hydrogen) atoms. The first kappa shape index (κ1) is 20.7. The van der Waals surface area contributed by atoms with Crippen LogP contribution in [0.1, 0.15) is 42.0 Å². The van der Waals surface area contributed by atoms with Gasteiger partial charge in [0.05, 0.1) is 6.20 Å². The minimum Gasteiger partial charge on any atom is -0.366 e. The molecule has 0 spiro atoms. The summed E-state index contributed by atoms with van der Waals surface area (Å²) in [4.78, 5) is 4.86. The van der Waals surface area contributed by atoms with Crippen LogP contribution in [0, 0.1) is 18.2 Å². The van der Waals surface area contributed by atoms with Gasteiger partial charge in [0.25, 0.3) is 0 Å². The van der Waals surface area contributed by atoms with Gasteiger partial charge in [-0.1, -0.05) is 79.6 Å². The highest BCUT2D eigenvalue weighted by Crippen LogP contribution is 2.20. The molecule has 4 rings (SSSR count). The Morgan fingerprint density at radius 1 is 1.06 bits per heavy atom. The molecule has 0 unspecified atom stereocenters. The molecule has 4 aromatic rings. The summed E-state index contributed by atoms with van der Waals surface area (Å²) < 4.78 is 1.84. The molecule has 6 heteroatoms. The van der Waals surface area contributed by atoms with Gasteiger partial charge in [0, 0.05) is 23.7 Å². The minimum absolute atomic E-state index is 0.291. The van der Waals surface area contributed by atoms with Gasteiger partial charge in [-0.25, -0.2) is 14.8 Å². The lowest BCUT2D eigenvalue weighted by Gasteiger charge is -2.13. The maximum Gasteiger partial charge on any atom is 0.326 e. The molecule has 0 fully saturated rings. The number of nitrogens with zero attached hydrogens (tertiary/aromatic N) is 4. The third-order valence-corrected chi connectivity index (χ3v) is 5.50. The number of fused-ring (bicyclic) bond motifs is 1. The van der Waals surface area contributed by atoms with Crippen molar-refractivity contribution in [3.63, 3.8) is 0 Å². The number of nitriles is 1. The number of aromatic nitrogens is 3. The first-order valence-electron chi connectivity index (χ1n) is 10.7. The van der Waals surface area contributed by atoms with Gasteiger partial charge in [0.15, 0.2) is 5.65 Å². The molecule has 0 aliphatic carbocycles. The fraction of sp³-hybridized carbons (Fsp3) is 0.240. The lowest BCUT2D eigenvalue weighted by molar-refractivity contribution is 0.872. The van der Waals surface area contributed by atoms with E-state index in [0.29, 0.717) is 18.8 Å². The van der Waals surface area contributed by atoms with E-state index in [1.165, 1.54) is 11.1 Å². The summed E-state index contributed by atoms with van der Waals surface area (Å²) >= 11 is 0. The van der Waals surface area contributed by atoms with Gasteiger partial charge in [-0.15, -0.1) is 0 Å². The topological polar surface area (TPSA) is 66.0 Å². The highest BCUT2D eigenvalue weighted by Gasteiger charge is 2.24. The summed E-state index contributed by atoms with van der Waals surface area (Å²) in [5.74, 6) is 3.54. The van der Waals surface area contributed by atoms with E-state index in [1.54, 1.807) is 0 Å². The summed E-state index contributed by atoms with van der Waals surface area (Å²) in [5, 5.41) is 18.1. The summed E-state index contributed by atoms with van der Waals surface area (Å²) in [6.07, 6.45) is 2.50. The van der Waals surface area contributed by atoms with Gasteiger partial charge in [0.2, 0.25) is 0 Å². The molecular formula is C25H26BN5. The molecule has 0 radical (unpaired) electrons. The second-order valence-electron chi connectivity index (χ2n) is 8.27. The van der Waals surface area contributed by atoms with Crippen LogP contribution >= 0.6 is 0 Å². The smallest absolute Gasteiger partial charge is 0.326 e. The third-order valence-electron chi connectivity index (χ3n) is 5.50. The fourth-order valence-electron chi connectivity index (χ4n) is 3.83. The number of rotatable bonds is 7. The number of hydrogen-bond donors (Lipinski definition) is 1. The monoisotopic (exact) mass is 407 g/mol. The molecular weight excluding hydrogens is 381 g/mol. The Balaban J connectivity index is 1.73. The van der Waals surface area contributed by atoms with Gasteiger partial charge < -0.3 is 5.32 Å². The quantitative estimate of drug-likeness (QED) is 0.464. The molecule has 0 bridgehead atoms. The minimum atomic E-state index is -0.327. The molecule has 0 atom stereocenters. The Labute approximate surface area is 183 Å². The zero-order valence-corrected chi connectivity index (χ0v) is 18.2. The summed E-state index contributed by atoms with van der Waals surface area (Å²) in [6, 6.07) is 20.5. The Hall–Kier alpha value is -3.59. The van der Waals surface area contributed by atoms with Gasteiger partial charge >= 0.3 is 6.71 Å². The third kappa shape index (κ3) is 4.61. The fourth-order valence-corrected chi connectivity index (χ4v) is 3.83. The predicted octanol–water partition coefficient (Wildman–Crippen LogP) is 4.32. The SMILES string of the molecule is Cc1cccc(CNc2cc(B(C#N)Cc3ccccc3)n3ncc(C(C)C)c3n2)c1. The van der Waals surface area contributed by atoms with E-state index in [9.17, 15) is 5.26 Å². The average molecular weight is 407 g/mol. The van der Waals surface area contributed by atoms with Crippen molar-refractivity contribution >= 4 is 23.8 Å². The van der Waals surface area contributed by atoms with Crippen molar-refractivity contribution in [2.75, 3.05) is 5.32 Å². The van der Waals surface area contributed by atoms with Crippen LogP contribution in [0.3, 0.4) is 0 Å². The second-order valence-corrected chi connectivity index (χ2v) is 8.27. The number of benzene rings is 2. The number of nitrogens with one attached hydrogen (secondary N) is 1. The lowest BCUT2D eigenvalue weighted by atomic mass is 9.45. The van der Waals surface area contributed by atoms with Crippen LogP contribution in [-0.4, -0.2) is 21.3 Å². The van der Waals surface area contributed by atoms with Crippen LogP contribution in [0.2, 0.25) is 0 Å². The summed E-state index contributed by atoms with van der Waals surface area (Å²) in [7, 11) is 0. The Morgan fingerprint density at radius 3 is 2.55 bits per heavy atom. The molecule has 5 nitrogen and oxygen atoms in total. The van der Waals surface area contributed by atoms with E-state index in [2.05, 4.69) is 73.6 Å². The summed E-state index contributed by atoms with van der Waals surface area (Å²) in [6.45, 7) is 6.71. The van der Waals surface area contributed by atoms with E-state index in [-0.39, 0.29) is 6.71 Å². The molecule has 154 valence electrons. The van der Waals surface area contributed by atoms with Crippen molar-refractivity contribution in [2.24, 2.45) is 0 Å². The van der Waals surface area contributed by atoms with E-state index in [0.717, 1.165) is 28.2 Å². The Kier molecular flexibility index (Phi) is 6.04. The van der Waals surface area contributed by atoms with Gasteiger partial charge in [0.1, 0.15) is 5.82 Å². The van der Waals surface area contributed by atoms with E-state index in [4.69, 9.17) is 4.98 Å². The first-order chi connectivity index (χ1) is 15.0. The number of aryl methyl sites for hydroxylation is 1. The average Bonchev–Trinajstić information content (AvgIpc) is 3.21. The molecule has 0 amide bonds. The zero-order chi connectivity index (χ0) is 21.8. The van der Waals surface area contributed by atoms with Gasteiger partial charge in [-0.05, 0) is 30.8 Å². The molecule has 0 saturated heterocycles. The number of hydrogen-bond acceptors (Lipinski definition) is 4. The van der Waals surface area contributed by atoms with Crippen LogP contribution in [0.25, 0.3) is 5.65 Å². The first-order valence-corrected chi connectivity index (χ1v) is 10.7. The molecule has 0 aliphatic heterocycles.